The zero-order chi connectivity index (χ0) is 11.4. The van der Waals surface area contributed by atoms with Crippen LogP contribution in [-0.4, -0.2) is 20.4 Å². The fourth-order valence-electron chi connectivity index (χ4n) is 2.34. The fraction of sp³-hybridized carbons (Fsp3) is 0.538. The first-order valence-corrected chi connectivity index (χ1v) is 5.83. The molecule has 3 heteroatoms. The third kappa shape index (κ3) is 2.20. The van der Waals surface area contributed by atoms with Crippen molar-refractivity contribution in [3.05, 3.63) is 29.3 Å². The molecular weight excluding hydrogens is 202 g/mol. The smallest absolute Gasteiger partial charge is 0.188 e. The predicted molar refractivity (Wildman–Crippen MR) is 63.7 cm³/mol. The van der Waals surface area contributed by atoms with Crippen molar-refractivity contribution in [1.82, 2.24) is 5.32 Å². The molecule has 88 valence electrons. The molecule has 1 N–H and O–H groups in total. The molecule has 0 fully saturated rings. The van der Waals surface area contributed by atoms with Crippen molar-refractivity contribution in [3.8, 4) is 5.75 Å². The van der Waals surface area contributed by atoms with Gasteiger partial charge in [-0.3, -0.25) is 0 Å². The van der Waals surface area contributed by atoms with Crippen molar-refractivity contribution in [1.29, 1.82) is 0 Å². The Kier molecular flexibility index (Phi) is 3.80. The Hall–Kier alpha value is -1.06. The third-order valence-electron chi connectivity index (χ3n) is 3.01. The molecule has 0 saturated carbocycles. The van der Waals surface area contributed by atoms with E-state index in [1.807, 2.05) is 6.07 Å². The van der Waals surface area contributed by atoms with Crippen LogP contribution in [0.4, 0.5) is 0 Å². The lowest BCUT2D eigenvalue weighted by Gasteiger charge is -2.13. The van der Waals surface area contributed by atoms with Gasteiger partial charge < -0.3 is 14.8 Å². The highest BCUT2D eigenvalue weighted by atomic mass is 16.7. The van der Waals surface area contributed by atoms with Crippen molar-refractivity contribution >= 4 is 0 Å². The van der Waals surface area contributed by atoms with Crippen LogP contribution in [0.3, 0.4) is 0 Å². The fourth-order valence-corrected chi connectivity index (χ4v) is 2.34. The van der Waals surface area contributed by atoms with E-state index in [1.54, 1.807) is 7.11 Å². The van der Waals surface area contributed by atoms with Crippen molar-refractivity contribution in [3.63, 3.8) is 0 Å². The van der Waals surface area contributed by atoms with Crippen LogP contribution in [0.2, 0.25) is 0 Å². The van der Waals surface area contributed by atoms with Crippen LogP contribution in [-0.2, 0) is 11.2 Å². The largest absolute Gasteiger partial charge is 0.467 e. The highest BCUT2D eigenvalue weighted by Gasteiger charge is 2.24. The molecule has 16 heavy (non-hydrogen) atoms. The molecule has 0 saturated heterocycles. The van der Waals surface area contributed by atoms with E-state index >= 15 is 0 Å². The second-order valence-corrected chi connectivity index (χ2v) is 4.02. The number of nitrogens with one attached hydrogen (secondary N) is 1. The lowest BCUT2D eigenvalue weighted by molar-refractivity contribution is 0.0505. The summed E-state index contributed by atoms with van der Waals surface area (Å²) in [7, 11) is 1.64. The van der Waals surface area contributed by atoms with E-state index in [0.717, 1.165) is 25.1 Å². The minimum absolute atomic E-state index is 0.322. The van der Waals surface area contributed by atoms with Gasteiger partial charge in [-0.05, 0) is 36.6 Å². The summed E-state index contributed by atoms with van der Waals surface area (Å²) < 4.78 is 10.5. The average molecular weight is 221 g/mol. The Bertz CT molecular complexity index is 352. The summed E-state index contributed by atoms with van der Waals surface area (Å²) in [6.45, 7) is 3.47. The Morgan fingerprint density at radius 3 is 3.06 bits per heavy atom. The molecule has 1 unspecified atom stereocenters. The molecule has 0 bridgehead atoms. The van der Waals surface area contributed by atoms with Crippen LogP contribution >= 0.6 is 0 Å². The highest BCUT2D eigenvalue weighted by molar-refractivity contribution is 5.45. The highest BCUT2D eigenvalue weighted by Crippen LogP contribution is 2.36. The average Bonchev–Trinajstić information content (AvgIpc) is 2.71. The Morgan fingerprint density at radius 2 is 2.31 bits per heavy atom. The van der Waals surface area contributed by atoms with Gasteiger partial charge in [-0.15, -0.1) is 0 Å². The maximum absolute atomic E-state index is 5.57. The molecular formula is C13H19NO2. The van der Waals surface area contributed by atoms with Crippen molar-refractivity contribution < 1.29 is 9.47 Å². The van der Waals surface area contributed by atoms with Gasteiger partial charge in [-0.2, -0.15) is 0 Å². The number of ether oxygens (including phenoxy) is 2. The Morgan fingerprint density at radius 1 is 1.44 bits per heavy atom. The molecule has 1 aliphatic rings. The van der Waals surface area contributed by atoms with Crippen LogP contribution in [0.5, 0.6) is 5.75 Å². The summed E-state index contributed by atoms with van der Waals surface area (Å²) in [4.78, 5) is 0. The Labute approximate surface area is 96.8 Å². The lowest BCUT2D eigenvalue weighted by Crippen LogP contribution is -2.18. The number of methoxy groups -OCH3 is 1. The first kappa shape index (κ1) is 11.4. The molecule has 0 spiro atoms. The van der Waals surface area contributed by atoms with Gasteiger partial charge in [-0.1, -0.05) is 19.1 Å². The molecule has 0 aliphatic heterocycles. The second kappa shape index (κ2) is 5.32. The normalized spacial score (nSPS) is 18.5. The van der Waals surface area contributed by atoms with Gasteiger partial charge in [0, 0.05) is 13.2 Å². The molecule has 0 amide bonds. The zero-order valence-corrected chi connectivity index (χ0v) is 9.95. The summed E-state index contributed by atoms with van der Waals surface area (Å²) in [6.07, 6.45) is 2.25. The quantitative estimate of drug-likeness (QED) is 0.774. The van der Waals surface area contributed by atoms with E-state index in [9.17, 15) is 0 Å². The number of fused-ring (bicyclic) bond motifs is 1. The topological polar surface area (TPSA) is 30.5 Å². The molecule has 0 heterocycles. The van der Waals surface area contributed by atoms with Crippen molar-refractivity contribution in [2.45, 2.75) is 25.8 Å². The number of benzene rings is 1. The molecule has 1 atom stereocenters. The first-order valence-electron chi connectivity index (χ1n) is 5.83. The van der Waals surface area contributed by atoms with Crippen LogP contribution in [0.15, 0.2) is 18.2 Å². The van der Waals surface area contributed by atoms with E-state index in [4.69, 9.17) is 9.47 Å². The van der Waals surface area contributed by atoms with Gasteiger partial charge in [0.2, 0.25) is 0 Å². The molecule has 0 aromatic heterocycles. The summed E-state index contributed by atoms with van der Waals surface area (Å²) in [6, 6.07) is 6.76. The van der Waals surface area contributed by atoms with E-state index in [2.05, 4.69) is 24.4 Å². The molecule has 0 radical (unpaired) electrons. The van der Waals surface area contributed by atoms with Crippen LogP contribution in [0.25, 0.3) is 0 Å². The molecule has 2 rings (SSSR count). The van der Waals surface area contributed by atoms with Gasteiger partial charge in [0.05, 0.1) is 0 Å². The minimum Gasteiger partial charge on any atom is -0.467 e. The van der Waals surface area contributed by atoms with Crippen molar-refractivity contribution in [2.75, 3.05) is 20.4 Å². The number of rotatable bonds is 5. The van der Waals surface area contributed by atoms with E-state index in [1.165, 1.54) is 11.1 Å². The second-order valence-electron chi connectivity index (χ2n) is 4.02. The van der Waals surface area contributed by atoms with Gasteiger partial charge in [0.15, 0.2) is 6.79 Å². The standard InChI is InChI=1S/C13H19NO2/c1-3-14-12-8-7-11-10(12)5-4-6-13(11)16-9-15-2/h4-6,12,14H,3,7-9H2,1-2H3. The SMILES string of the molecule is CCNC1CCc2c(OCOC)cccc21. The summed E-state index contributed by atoms with van der Waals surface area (Å²) in [5.74, 6) is 0.972. The lowest BCUT2D eigenvalue weighted by atomic mass is 10.1. The maximum atomic E-state index is 5.57. The van der Waals surface area contributed by atoms with Gasteiger partial charge in [0.1, 0.15) is 5.75 Å². The number of hydrogen-bond acceptors (Lipinski definition) is 3. The molecule has 1 aliphatic carbocycles. The predicted octanol–water partition coefficient (Wildman–Crippen LogP) is 2.27. The zero-order valence-electron chi connectivity index (χ0n) is 9.95. The van der Waals surface area contributed by atoms with Crippen LogP contribution in [0, 0.1) is 0 Å². The van der Waals surface area contributed by atoms with Crippen molar-refractivity contribution in [2.24, 2.45) is 0 Å². The molecule has 1 aromatic rings. The van der Waals surface area contributed by atoms with Gasteiger partial charge in [-0.25, -0.2) is 0 Å². The summed E-state index contributed by atoms with van der Waals surface area (Å²) in [5.41, 5.74) is 2.72. The number of hydrogen-bond donors (Lipinski definition) is 1. The van der Waals surface area contributed by atoms with Gasteiger partial charge >= 0.3 is 0 Å². The first-order chi connectivity index (χ1) is 7.86. The van der Waals surface area contributed by atoms with E-state index < -0.39 is 0 Å². The monoisotopic (exact) mass is 221 g/mol. The molecule has 1 aromatic carbocycles. The summed E-state index contributed by atoms with van der Waals surface area (Å²) in [5, 5.41) is 3.50. The van der Waals surface area contributed by atoms with E-state index in [0.29, 0.717) is 12.8 Å². The Balaban J connectivity index is 2.18. The third-order valence-corrected chi connectivity index (χ3v) is 3.01. The van der Waals surface area contributed by atoms with E-state index in [-0.39, 0.29) is 0 Å². The van der Waals surface area contributed by atoms with Gasteiger partial charge in [0.25, 0.3) is 0 Å². The summed E-state index contributed by atoms with van der Waals surface area (Å²) >= 11 is 0. The molecule has 3 nitrogen and oxygen atoms in total. The minimum atomic E-state index is 0.322. The maximum Gasteiger partial charge on any atom is 0.188 e. The van der Waals surface area contributed by atoms with Crippen LogP contribution in [0.1, 0.15) is 30.5 Å². The van der Waals surface area contributed by atoms with Crippen LogP contribution < -0.4 is 10.1 Å².